The van der Waals surface area contributed by atoms with Crippen LogP contribution in [0.4, 0.5) is 10.5 Å². The van der Waals surface area contributed by atoms with Gasteiger partial charge in [0, 0.05) is 24.4 Å². The van der Waals surface area contributed by atoms with Crippen LogP contribution in [0.2, 0.25) is 0 Å². The van der Waals surface area contributed by atoms with Crippen molar-refractivity contribution in [2.75, 3.05) is 25.3 Å². The number of hydrogen-bond acceptors (Lipinski definition) is 4. The number of amides is 1. The van der Waals surface area contributed by atoms with E-state index >= 15 is 0 Å². The lowest BCUT2D eigenvalue weighted by molar-refractivity contribution is 0.0515. The van der Waals surface area contributed by atoms with Gasteiger partial charge in [-0.25, -0.2) is 4.79 Å². The zero-order valence-corrected chi connectivity index (χ0v) is 17.7. The minimum atomic E-state index is -0.582. The first kappa shape index (κ1) is 20.5. The second-order valence-electron chi connectivity index (χ2n) is 6.68. The molecule has 0 radical (unpaired) electrons. The molecular weight excluding hydrogens is 445 g/mol. The van der Waals surface area contributed by atoms with E-state index in [0.29, 0.717) is 6.54 Å². The maximum absolute atomic E-state index is 12.8. The molecule has 26 heavy (non-hydrogen) atoms. The van der Waals surface area contributed by atoms with E-state index in [9.17, 15) is 4.79 Å². The molecule has 1 amide bonds. The van der Waals surface area contributed by atoms with E-state index in [1.807, 2.05) is 51.1 Å². The van der Waals surface area contributed by atoms with Gasteiger partial charge in [-0.1, -0.05) is 30.3 Å². The highest BCUT2D eigenvalue weighted by Gasteiger charge is 2.25. The summed E-state index contributed by atoms with van der Waals surface area (Å²) in [7, 11) is 1.58. The number of carbonyl (C=O) groups excluding carboxylic acids is 1. The summed E-state index contributed by atoms with van der Waals surface area (Å²) in [6.07, 6.45) is 1.27. The fourth-order valence-electron chi connectivity index (χ4n) is 2.50. The summed E-state index contributed by atoms with van der Waals surface area (Å²) in [6.45, 7) is 9.81. The Bertz CT molecular complexity index is 798. The predicted molar refractivity (Wildman–Crippen MR) is 113 cm³/mol. The lowest BCUT2D eigenvalue weighted by atomic mass is 10.1. The molecule has 2 aromatic rings. The Hall–Kier alpha value is -1.80. The molecule has 0 saturated carbocycles. The molecule has 0 fully saturated rings. The summed E-state index contributed by atoms with van der Waals surface area (Å²) < 4.78 is 17.2. The number of methoxy groups -OCH3 is 1. The SMILES string of the molecule is C=CCN(C(=O)OC(C)(C)C)c1cc(I)c(OCOC)c2ccccc12. The quantitative estimate of drug-likeness (QED) is 0.325. The maximum Gasteiger partial charge on any atom is 0.415 e. The molecular formula is C20H24INO4. The lowest BCUT2D eigenvalue weighted by Gasteiger charge is -2.28. The third-order valence-corrected chi connectivity index (χ3v) is 4.27. The number of anilines is 1. The zero-order valence-electron chi connectivity index (χ0n) is 15.5. The van der Waals surface area contributed by atoms with Crippen LogP contribution in [-0.4, -0.2) is 32.1 Å². The zero-order chi connectivity index (χ0) is 19.3. The monoisotopic (exact) mass is 469 g/mol. The number of fused-ring (bicyclic) bond motifs is 1. The van der Waals surface area contributed by atoms with Gasteiger partial charge in [0.15, 0.2) is 6.79 Å². The number of rotatable bonds is 6. The molecule has 0 atom stereocenters. The van der Waals surface area contributed by atoms with Gasteiger partial charge in [-0.2, -0.15) is 0 Å². The first-order chi connectivity index (χ1) is 12.3. The summed E-state index contributed by atoms with van der Waals surface area (Å²) in [5.41, 5.74) is 0.171. The van der Waals surface area contributed by atoms with Gasteiger partial charge in [0.1, 0.15) is 11.4 Å². The lowest BCUT2D eigenvalue weighted by Crippen LogP contribution is -2.37. The predicted octanol–water partition coefficient (Wildman–Crippen LogP) is 5.35. The van der Waals surface area contributed by atoms with E-state index in [4.69, 9.17) is 14.2 Å². The molecule has 0 aromatic heterocycles. The summed E-state index contributed by atoms with van der Waals surface area (Å²) >= 11 is 2.20. The topological polar surface area (TPSA) is 48.0 Å². The van der Waals surface area contributed by atoms with Crippen LogP contribution in [0.3, 0.4) is 0 Å². The van der Waals surface area contributed by atoms with E-state index in [1.54, 1.807) is 18.1 Å². The van der Waals surface area contributed by atoms with Gasteiger partial charge in [0.2, 0.25) is 0 Å². The van der Waals surface area contributed by atoms with Gasteiger partial charge >= 0.3 is 6.09 Å². The first-order valence-electron chi connectivity index (χ1n) is 8.23. The second-order valence-corrected chi connectivity index (χ2v) is 7.84. The summed E-state index contributed by atoms with van der Waals surface area (Å²) in [5, 5.41) is 1.80. The molecule has 0 spiro atoms. The summed E-state index contributed by atoms with van der Waals surface area (Å²) in [4.78, 5) is 14.3. The molecule has 2 aromatic carbocycles. The molecule has 140 valence electrons. The van der Waals surface area contributed by atoms with Gasteiger partial charge in [0.25, 0.3) is 0 Å². The van der Waals surface area contributed by atoms with Crippen LogP contribution in [0.5, 0.6) is 5.75 Å². The largest absolute Gasteiger partial charge is 0.466 e. The smallest absolute Gasteiger partial charge is 0.415 e. The van der Waals surface area contributed by atoms with Gasteiger partial charge in [-0.3, -0.25) is 4.90 Å². The van der Waals surface area contributed by atoms with Crippen molar-refractivity contribution in [3.63, 3.8) is 0 Å². The standard InChI is InChI=1S/C20H24INO4/c1-6-11-22(19(23)26-20(2,3)4)17-12-16(21)18(25-13-24-5)15-10-8-7-9-14(15)17/h6-10,12H,1,11,13H2,2-5H3. The van der Waals surface area contributed by atoms with Crippen molar-refractivity contribution in [2.24, 2.45) is 0 Å². The Morgan fingerprint density at radius 3 is 2.50 bits per heavy atom. The van der Waals surface area contributed by atoms with Crippen molar-refractivity contribution < 1.29 is 19.0 Å². The van der Waals surface area contributed by atoms with Crippen molar-refractivity contribution in [3.8, 4) is 5.75 Å². The number of ether oxygens (including phenoxy) is 3. The Morgan fingerprint density at radius 1 is 1.27 bits per heavy atom. The molecule has 2 rings (SSSR count). The van der Waals surface area contributed by atoms with Crippen LogP contribution >= 0.6 is 22.6 Å². The molecule has 0 heterocycles. The third-order valence-electron chi connectivity index (χ3n) is 3.47. The molecule has 0 N–H and O–H groups in total. The fraction of sp³-hybridized carbons (Fsp3) is 0.350. The van der Waals surface area contributed by atoms with E-state index in [-0.39, 0.29) is 6.79 Å². The molecule has 6 heteroatoms. The van der Waals surface area contributed by atoms with Crippen LogP contribution in [0.1, 0.15) is 20.8 Å². The molecule has 0 aliphatic rings. The molecule has 0 bridgehead atoms. The number of carbonyl (C=O) groups is 1. The van der Waals surface area contributed by atoms with Gasteiger partial charge in [-0.15, -0.1) is 6.58 Å². The van der Waals surface area contributed by atoms with Gasteiger partial charge < -0.3 is 14.2 Å². The minimum Gasteiger partial charge on any atom is -0.466 e. The average Bonchev–Trinajstić information content (AvgIpc) is 2.57. The first-order valence-corrected chi connectivity index (χ1v) is 9.30. The Labute approximate surface area is 168 Å². The van der Waals surface area contributed by atoms with Gasteiger partial charge in [-0.05, 0) is 49.4 Å². The molecule has 0 aliphatic carbocycles. The van der Waals surface area contributed by atoms with Gasteiger partial charge in [0.05, 0.1) is 9.26 Å². The second kappa shape index (κ2) is 8.73. The summed E-state index contributed by atoms with van der Waals surface area (Å²) in [5.74, 6) is 0.731. The minimum absolute atomic E-state index is 0.155. The van der Waals surface area contributed by atoms with Crippen LogP contribution in [0, 0.1) is 3.57 Å². The fourth-order valence-corrected chi connectivity index (χ4v) is 3.24. The van der Waals surface area contributed by atoms with Crippen molar-refractivity contribution in [1.29, 1.82) is 0 Å². The molecule has 0 aliphatic heterocycles. The number of nitrogens with zero attached hydrogens (tertiary/aromatic N) is 1. The molecule has 0 unspecified atom stereocenters. The van der Waals surface area contributed by atoms with E-state index in [0.717, 1.165) is 25.8 Å². The van der Waals surface area contributed by atoms with Crippen LogP contribution in [0.15, 0.2) is 43.0 Å². The van der Waals surface area contributed by atoms with E-state index in [1.165, 1.54) is 0 Å². The Balaban J connectivity index is 2.59. The highest BCUT2D eigenvalue weighted by Crippen LogP contribution is 2.38. The number of halogens is 1. The van der Waals surface area contributed by atoms with Crippen molar-refractivity contribution >= 4 is 45.1 Å². The molecule has 0 saturated heterocycles. The third kappa shape index (κ3) is 4.88. The Morgan fingerprint density at radius 2 is 1.92 bits per heavy atom. The van der Waals surface area contributed by atoms with Crippen LogP contribution in [-0.2, 0) is 9.47 Å². The van der Waals surface area contributed by atoms with Crippen molar-refractivity contribution in [1.82, 2.24) is 0 Å². The maximum atomic E-state index is 12.8. The average molecular weight is 469 g/mol. The van der Waals surface area contributed by atoms with E-state index in [2.05, 4.69) is 29.2 Å². The summed E-state index contributed by atoms with van der Waals surface area (Å²) in [6, 6.07) is 9.71. The van der Waals surface area contributed by atoms with Crippen molar-refractivity contribution in [2.45, 2.75) is 26.4 Å². The number of benzene rings is 2. The normalized spacial score (nSPS) is 11.3. The highest BCUT2D eigenvalue weighted by molar-refractivity contribution is 14.1. The molecule has 5 nitrogen and oxygen atoms in total. The number of hydrogen-bond donors (Lipinski definition) is 0. The highest BCUT2D eigenvalue weighted by atomic mass is 127. The van der Waals surface area contributed by atoms with E-state index < -0.39 is 11.7 Å². The Kier molecular flexibility index (Phi) is 6.88. The van der Waals surface area contributed by atoms with Crippen LogP contribution in [0.25, 0.3) is 10.8 Å². The van der Waals surface area contributed by atoms with Crippen LogP contribution < -0.4 is 9.64 Å². The van der Waals surface area contributed by atoms with Crippen molar-refractivity contribution in [3.05, 3.63) is 46.6 Å².